The third-order valence-electron chi connectivity index (χ3n) is 2.61. The van der Waals surface area contributed by atoms with E-state index in [2.05, 4.69) is 41.4 Å². The van der Waals surface area contributed by atoms with Crippen LogP contribution in [0.25, 0.3) is 11.4 Å². The molecule has 0 fully saturated rings. The Morgan fingerprint density at radius 2 is 2.18 bits per heavy atom. The molecule has 2 aromatic rings. The largest absolute Gasteiger partial charge is 0.338 e. The van der Waals surface area contributed by atoms with Gasteiger partial charge in [-0.05, 0) is 24.6 Å². The van der Waals surface area contributed by atoms with Crippen LogP contribution in [0.2, 0.25) is 0 Å². The van der Waals surface area contributed by atoms with Crippen LogP contribution in [0, 0.1) is 0 Å². The standard InChI is InChI=1S/C13H17N3O/c1-9(2)10-5-4-6-11(7-10)13-15-12(8-14-3)17-16-13/h4-7,9,14H,8H2,1-3H3. The Hall–Kier alpha value is -1.68. The molecule has 0 saturated heterocycles. The van der Waals surface area contributed by atoms with Gasteiger partial charge in [0.2, 0.25) is 11.7 Å². The molecule has 4 nitrogen and oxygen atoms in total. The molecule has 1 aromatic carbocycles. The Morgan fingerprint density at radius 1 is 1.35 bits per heavy atom. The van der Waals surface area contributed by atoms with Gasteiger partial charge in [-0.15, -0.1) is 0 Å². The van der Waals surface area contributed by atoms with Gasteiger partial charge in [-0.1, -0.05) is 37.2 Å². The molecule has 90 valence electrons. The number of rotatable bonds is 4. The second-order valence-electron chi connectivity index (χ2n) is 4.32. The van der Waals surface area contributed by atoms with Crippen molar-refractivity contribution in [1.29, 1.82) is 0 Å². The summed E-state index contributed by atoms with van der Waals surface area (Å²) in [7, 11) is 1.85. The van der Waals surface area contributed by atoms with Gasteiger partial charge in [-0.3, -0.25) is 0 Å². The van der Waals surface area contributed by atoms with E-state index in [0.717, 1.165) is 5.56 Å². The zero-order chi connectivity index (χ0) is 12.3. The molecule has 0 aliphatic rings. The second kappa shape index (κ2) is 5.10. The molecule has 0 aliphatic heterocycles. The predicted molar refractivity (Wildman–Crippen MR) is 66.6 cm³/mol. The van der Waals surface area contributed by atoms with Crippen molar-refractivity contribution in [3.8, 4) is 11.4 Å². The smallest absolute Gasteiger partial charge is 0.240 e. The minimum absolute atomic E-state index is 0.499. The fraction of sp³-hybridized carbons (Fsp3) is 0.385. The zero-order valence-electron chi connectivity index (χ0n) is 10.4. The van der Waals surface area contributed by atoms with E-state index >= 15 is 0 Å². The molecule has 0 bridgehead atoms. The maximum atomic E-state index is 5.14. The highest BCUT2D eigenvalue weighted by Crippen LogP contribution is 2.21. The van der Waals surface area contributed by atoms with Crippen LogP contribution in [-0.4, -0.2) is 17.2 Å². The van der Waals surface area contributed by atoms with Gasteiger partial charge in [-0.2, -0.15) is 4.98 Å². The minimum atomic E-state index is 0.499. The molecule has 0 aliphatic carbocycles. The molecule has 17 heavy (non-hydrogen) atoms. The van der Waals surface area contributed by atoms with Crippen molar-refractivity contribution in [3.63, 3.8) is 0 Å². The van der Waals surface area contributed by atoms with Crippen molar-refractivity contribution in [3.05, 3.63) is 35.7 Å². The van der Waals surface area contributed by atoms with Crippen molar-refractivity contribution >= 4 is 0 Å². The lowest BCUT2D eigenvalue weighted by Gasteiger charge is -2.05. The third kappa shape index (κ3) is 2.71. The Bertz CT molecular complexity index is 491. The molecule has 0 saturated carbocycles. The van der Waals surface area contributed by atoms with E-state index < -0.39 is 0 Å². The van der Waals surface area contributed by atoms with Crippen molar-refractivity contribution in [1.82, 2.24) is 15.5 Å². The average molecular weight is 231 g/mol. The average Bonchev–Trinajstić information content (AvgIpc) is 2.78. The summed E-state index contributed by atoms with van der Waals surface area (Å²) in [5.74, 6) is 1.76. The first-order valence-electron chi connectivity index (χ1n) is 5.78. The quantitative estimate of drug-likeness (QED) is 0.878. The Labute approximate surface area is 101 Å². The molecule has 2 rings (SSSR count). The normalized spacial score (nSPS) is 11.1. The van der Waals surface area contributed by atoms with Crippen LogP contribution in [0.4, 0.5) is 0 Å². The minimum Gasteiger partial charge on any atom is -0.338 e. The van der Waals surface area contributed by atoms with Gasteiger partial charge in [0.05, 0.1) is 6.54 Å². The van der Waals surface area contributed by atoms with Gasteiger partial charge < -0.3 is 9.84 Å². The predicted octanol–water partition coefficient (Wildman–Crippen LogP) is 2.58. The Balaban J connectivity index is 2.28. The molecule has 1 aromatic heterocycles. The molecule has 1 N–H and O–H groups in total. The van der Waals surface area contributed by atoms with E-state index in [-0.39, 0.29) is 0 Å². The Kier molecular flexibility index (Phi) is 3.54. The van der Waals surface area contributed by atoms with Crippen LogP contribution < -0.4 is 5.32 Å². The fourth-order valence-corrected chi connectivity index (χ4v) is 1.63. The SMILES string of the molecule is CNCc1nc(-c2cccc(C(C)C)c2)no1. The van der Waals surface area contributed by atoms with Crippen LogP contribution >= 0.6 is 0 Å². The van der Waals surface area contributed by atoms with Gasteiger partial charge in [0.25, 0.3) is 0 Å². The number of hydrogen-bond donors (Lipinski definition) is 1. The van der Waals surface area contributed by atoms with E-state index in [1.807, 2.05) is 19.2 Å². The van der Waals surface area contributed by atoms with E-state index in [1.165, 1.54) is 5.56 Å². The summed E-state index contributed by atoms with van der Waals surface area (Å²) in [5.41, 5.74) is 2.28. The number of nitrogens with one attached hydrogen (secondary N) is 1. The fourth-order valence-electron chi connectivity index (χ4n) is 1.63. The molecular weight excluding hydrogens is 214 g/mol. The summed E-state index contributed by atoms with van der Waals surface area (Å²) < 4.78 is 5.14. The number of nitrogens with zero attached hydrogens (tertiary/aromatic N) is 2. The zero-order valence-corrected chi connectivity index (χ0v) is 10.4. The van der Waals surface area contributed by atoms with Crippen molar-refractivity contribution in [2.45, 2.75) is 26.3 Å². The molecule has 0 radical (unpaired) electrons. The van der Waals surface area contributed by atoms with E-state index in [1.54, 1.807) is 0 Å². The van der Waals surface area contributed by atoms with Crippen LogP contribution in [0.5, 0.6) is 0 Å². The number of aromatic nitrogens is 2. The monoisotopic (exact) mass is 231 g/mol. The van der Waals surface area contributed by atoms with Crippen LogP contribution in [-0.2, 0) is 6.54 Å². The summed E-state index contributed by atoms with van der Waals surface area (Å²) in [6, 6.07) is 8.25. The van der Waals surface area contributed by atoms with Crippen molar-refractivity contribution in [2.75, 3.05) is 7.05 Å². The first kappa shape index (κ1) is 11.8. The molecule has 4 heteroatoms. The van der Waals surface area contributed by atoms with Gasteiger partial charge >= 0.3 is 0 Å². The molecule has 1 heterocycles. The third-order valence-corrected chi connectivity index (χ3v) is 2.61. The van der Waals surface area contributed by atoms with Gasteiger partial charge in [0.1, 0.15) is 0 Å². The van der Waals surface area contributed by atoms with Gasteiger partial charge in [-0.25, -0.2) is 0 Å². The second-order valence-corrected chi connectivity index (χ2v) is 4.32. The molecule has 0 spiro atoms. The number of hydrogen-bond acceptors (Lipinski definition) is 4. The summed E-state index contributed by atoms with van der Waals surface area (Å²) in [6.45, 7) is 4.93. The molecule has 0 amide bonds. The maximum Gasteiger partial charge on any atom is 0.240 e. The highest BCUT2D eigenvalue weighted by Gasteiger charge is 2.09. The van der Waals surface area contributed by atoms with Crippen LogP contribution in [0.1, 0.15) is 31.2 Å². The van der Waals surface area contributed by atoms with E-state index in [0.29, 0.717) is 24.2 Å². The van der Waals surface area contributed by atoms with E-state index in [9.17, 15) is 0 Å². The van der Waals surface area contributed by atoms with Crippen molar-refractivity contribution < 1.29 is 4.52 Å². The van der Waals surface area contributed by atoms with Crippen LogP contribution in [0.15, 0.2) is 28.8 Å². The summed E-state index contributed by atoms with van der Waals surface area (Å²) in [6.07, 6.45) is 0. The lowest BCUT2D eigenvalue weighted by Crippen LogP contribution is -2.04. The van der Waals surface area contributed by atoms with Gasteiger partial charge in [0.15, 0.2) is 0 Å². The van der Waals surface area contributed by atoms with Crippen molar-refractivity contribution in [2.24, 2.45) is 0 Å². The maximum absolute atomic E-state index is 5.14. The van der Waals surface area contributed by atoms with Gasteiger partial charge in [0, 0.05) is 5.56 Å². The van der Waals surface area contributed by atoms with Crippen LogP contribution in [0.3, 0.4) is 0 Å². The molecule has 0 unspecified atom stereocenters. The topological polar surface area (TPSA) is 51.0 Å². The number of benzene rings is 1. The highest BCUT2D eigenvalue weighted by atomic mass is 16.5. The first-order valence-corrected chi connectivity index (χ1v) is 5.78. The lowest BCUT2D eigenvalue weighted by atomic mass is 10.0. The molecule has 0 atom stereocenters. The highest BCUT2D eigenvalue weighted by molar-refractivity contribution is 5.55. The van der Waals surface area contributed by atoms with E-state index in [4.69, 9.17) is 4.52 Å². The summed E-state index contributed by atoms with van der Waals surface area (Å²) >= 11 is 0. The summed E-state index contributed by atoms with van der Waals surface area (Å²) in [5, 5.41) is 6.96. The Morgan fingerprint density at radius 3 is 2.88 bits per heavy atom. The summed E-state index contributed by atoms with van der Waals surface area (Å²) in [4.78, 5) is 4.33. The molecular formula is C13H17N3O. The lowest BCUT2D eigenvalue weighted by molar-refractivity contribution is 0.372. The first-order chi connectivity index (χ1) is 8.20.